The van der Waals surface area contributed by atoms with Crippen molar-refractivity contribution in [2.75, 3.05) is 52.4 Å². The third kappa shape index (κ3) is 6.94. The number of nitrogens with zero attached hydrogens (tertiary/aromatic N) is 3. The summed E-state index contributed by atoms with van der Waals surface area (Å²) in [5.74, 6) is 0.921. The van der Waals surface area contributed by atoms with E-state index in [-0.39, 0.29) is 17.9 Å². The lowest BCUT2D eigenvalue weighted by Crippen LogP contribution is -2.48. The summed E-state index contributed by atoms with van der Waals surface area (Å²) in [5.41, 5.74) is 7.97. The SMILES string of the molecule is CCNC(=NCCCCN1CCC(C(N)=O)CC1)N1CCOC(c2ccccc2C)C1. The van der Waals surface area contributed by atoms with Gasteiger partial charge in [-0.2, -0.15) is 0 Å². The predicted octanol–water partition coefficient (Wildman–Crippen LogP) is 2.31. The molecular formula is C24H39N5O2. The zero-order valence-electron chi connectivity index (χ0n) is 19.2. The van der Waals surface area contributed by atoms with Gasteiger partial charge in [0, 0.05) is 25.6 Å². The van der Waals surface area contributed by atoms with Gasteiger partial charge in [0.05, 0.1) is 13.2 Å². The molecule has 1 atom stereocenters. The van der Waals surface area contributed by atoms with Gasteiger partial charge in [-0.3, -0.25) is 9.79 Å². The van der Waals surface area contributed by atoms with Gasteiger partial charge < -0.3 is 25.6 Å². The summed E-state index contributed by atoms with van der Waals surface area (Å²) in [5, 5.41) is 3.46. The molecule has 0 radical (unpaired) electrons. The second-order valence-electron chi connectivity index (χ2n) is 8.62. The number of hydrogen-bond acceptors (Lipinski definition) is 4. The van der Waals surface area contributed by atoms with Crippen molar-refractivity contribution in [1.29, 1.82) is 0 Å². The number of hydrogen-bond donors (Lipinski definition) is 2. The maximum Gasteiger partial charge on any atom is 0.220 e. The van der Waals surface area contributed by atoms with Crippen molar-refractivity contribution in [2.24, 2.45) is 16.6 Å². The molecule has 2 fully saturated rings. The zero-order chi connectivity index (χ0) is 22.1. The number of amides is 1. The van der Waals surface area contributed by atoms with E-state index in [1.165, 1.54) is 11.1 Å². The first-order valence-electron chi connectivity index (χ1n) is 11.8. The Morgan fingerprint density at radius 3 is 2.71 bits per heavy atom. The van der Waals surface area contributed by atoms with Crippen LogP contribution < -0.4 is 11.1 Å². The molecule has 2 aliphatic heterocycles. The van der Waals surface area contributed by atoms with Crippen LogP contribution in [-0.4, -0.2) is 74.1 Å². The number of primary amides is 1. The van der Waals surface area contributed by atoms with Crippen LogP contribution >= 0.6 is 0 Å². The van der Waals surface area contributed by atoms with E-state index < -0.39 is 0 Å². The highest BCUT2D eigenvalue weighted by atomic mass is 16.5. The lowest BCUT2D eigenvalue weighted by Gasteiger charge is -2.36. The predicted molar refractivity (Wildman–Crippen MR) is 125 cm³/mol. The van der Waals surface area contributed by atoms with Crippen molar-refractivity contribution in [3.8, 4) is 0 Å². The molecule has 0 saturated carbocycles. The quantitative estimate of drug-likeness (QED) is 0.376. The number of unbranched alkanes of at least 4 members (excludes halogenated alkanes) is 1. The normalized spacial score (nSPS) is 21.3. The summed E-state index contributed by atoms with van der Waals surface area (Å²) >= 11 is 0. The number of likely N-dealkylation sites (tertiary alicyclic amines) is 1. The lowest BCUT2D eigenvalue weighted by atomic mass is 9.96. The number of morpholine rings is 1. The zero-order valence-corrected chi connectivity index (χ0v) is 19.2. The Morgan fingerprint density at radius 2 is 2.00 bits per heavy atom. The molecule has 0 aromatic heterocycles. The smallest absolute Gasteiger partial charge is 0.220 e. The summed E-state index contributed by atoms with van der Waals surface area (Å²) in [7, 11) is 0. The summed E-state index contributed by atoms with van der Waals surface area (Å²) in [4.78, 5) is 21.0. The van der Waals surface area contributed by atoms with Gasteiger partial charge in [-0.25, -0.2) is 0 Å². The van der Waals surface area contributed by atoms with Crippen molar-refractivity contribution in [2.45, 2.75) is 45.6 Å². The van der Waals surface area contributed by atoms with Crippen LogP contribution in [0.4, 0.5) is 0 Å². The van der Waals surface area contributed by atoms with Gasteiger partial charge in [-0.15, -0.1) is 0 Å². The van der Waals surface area contributed by atoms with Gasteiger partial charge >= 0.3 is 0 Å². The molecule has 1 unspecified atom stereocenters. The second-order valence-corrected chi connectivity index (χ2v) is 8.62. The molecule has 1 amide bonds. The van der Waals surface area contributed by atoms with E-state index in [9.17, 15) is 4.79 Å². The van der Waals surface area contributed by atoms with Crippen LogP contribution in [0.1, 0.15) is 49.8 Å². The highest BCUT2D eigenvalue weighted by molar-refractivity contribution is 5.80. The van der Waals surface area contributed by atoms with Crippen molar-refractivity contribution >= 4 is 11.9 Å². The van der Waals surface area contributed by atoms with Crippen LogP contribution in [0.15, 0.2) is 29.3 Å². The van der Waals surface area contributed by atoms with Crippen molar-refractivity contribution in [3.05, 3.63) is 35.4 Å². The average Bonchev–Trinajstić information content (AvgIpc) is 2.79. The summed E-state index contributed by atoms with van der Waals surface area (Å²) in [6.07, 6.45) is 4.07. The third-order valence-corrected chi connectivity index (χ3v) is 6.37. The molecular weight excluding hydrogens is 390 g/mol. The van der Waals surface area contributed by atoms with Crippen LogP contribution in [0.3, 0.4) is 0 Å². The van der Waals surface area contributed by atoms with Gasteiger partial charge in [-0.05, 0) is 70.3 Å². The second kappa shape index (κ2) is 12.1. The maximum atomic E-state index is 11.3. The molecule has 2 aliphatic rings. The molecule has 1 aromatic carbocycles. The number of piperidine rings is 1. The minimum atomic E-state index is -0.141. The standard InChI is InChI=1S/C24H39N5O2/c1-3-26-24(27-12-6-7-13-28-14-10-20(11-15-28)23(25)30)29-16-17-31-22(18-29)21-9-5-4-8-19(21)2/h4-5,8-9,20,22H,3,6-7,10-18H2,1-2H3,(H2,25,30)(H,26,27). The number of carbonyl (C=O) groups excluding carboxylic acids is 1. The van der Waals surface area contributed by atoms with Crippen molar-refractivity contribution in [1.82, 2.24) is 15.1 Å². The average molecular weight is 430 g/mol. The van der Waals surface area contributed by atoms with E-state index in [1.807, 2.05) is 0 Å². The van der Waals surface area contributed by atoms with Gasteiger partial charge in [-0.1, -0.05) is 24.3 Å². The molecule has 7 heteroatoms. The Balaban J connectivity index is 1.45. The Kier molecular flexibility index (Phi) is 9.15. The van der Waals surface area contributed by atoms with Gasteiger partial charge in [0.1, 0.15) is 6.10 Å². The number of ether oxygens (including phenoxy) is 1. The Bertz CT molecular complexity index is 730. The van der Waals surface area contributed by atoms with Crippen LogP contribution in [0.25, 0.3) is 0 Å². The van der Waals surface area contributed by atoms with Crippen LogP contribution in [0.5, 0.6) is 0 Å². The number of nitrogens with one attached hydrogen (secondary N) is 1. The molecule has 0 spiro atoms. The van der Waals surface area contributed by atoms with Crippen LogP contribution in [-0.2, 0) is 9.53 Å². The van der Waals surface area contributed by atoms with E-state index in [0.717, 1.165) is 77.5 Å². The fourth-order valence-corrected chi connectivity index (χ4v) is 4.48. The molecule has 2 heterocycles. The number of aryl methyl sites for hydroxylation is 1. The van der Waals surface area contributed by atoms with E-state index in [2.05, 4.69) is 53.2 Å². The third-order valence-electron chi connectivity index (χ3n) is 6.37. The molecule has 0 aliphatic carbocycles. The molecule has 3 rings (SSSR count). The number of rotatable bonds is 8. The van der Waals surface area contributed by atoms with Crippen LogP contribution in [0, 0.1) is 12.8 Å². The van der Waals surface area contributed by atoms with Gasteiger partial charge in [0.15, 0.2) is 5.96 Å². The first kappa shape index (κ1) is 23.5. The highest BCUT2D eigenvalue weighted by Gasteiger charge is 2.25. The Labute approximate surface area is 187 Å². The van der Waals surface area contributed by atoms with E-state index >= 15 is 0 Å². The van der Waals surface area contributed by atoms with Crippen molar-refractivity contribution in [3.63, 3.8) is 0 Å². The van der Waals surface area contributed by atoms with E-state index in [0.29, 0.717) is 6.61 Å². The molecule has 1 aromatic rings. The molecule has 2 saturated heterocycles. The summed E-state index contributed by atoms with van der Waals surface area (Å²) < 4.78 is 6.08. The minimum absolute atomic E-state index is 0.0700. The highest BCUT2D eigenvalue weighted by Crippen LogP contribution is 2.25. The fraction of sp³-hybridized carbons (Fsp3) is 0.667. The Morgan fingerprint density at radius 1 is 1.23 bits per heavy atom. The van der Waals surface area contributed by atoms with E-state index in [4.69, 9.17) is 15.5 Å². The summed E-state index contributed by atoms with van der Waals surface area (Å²) in [6, 6.07) is 8.47. The van der Waals surface area contributed by atoms with Crippen LogP contribution in [0.2, 0.25) is 0 Å². The largest absolute Gasteiger partial charge is 0.370 e. The number of nitrogens with two attached hydrogens (primary N) is 1. The molecule has 172 valence electrons. The maximum absolute atomic E-state index is 11.3. The molecule has 31 heavy (non-hydrogen) atoms. The fourth-order valence-electron chi connectivity index (χ4n) is 4.48. The van der Waals surface area contributed by atoms with Gasteiger partial charge in [0.25, 0.3) is 0 Å². The first-order chi connectivity index (χ1) is 15.1. The number of guanidine groups is 1. The topological polar surface area (TPSA) is 83.2 Å². The molecule has 7 nitrogen and oxygen atoms in total. The van der Waals surface area contributed by atoms with Crippen molar-refractivity contribution < 1.29 is 9.53 Å². The minimum Gasteiger partial charge on any atom is -0.370 e. The molecule has 0 bridgehead atoms. The summed E-state index contributed by atoms with van der Waals surface area (Å²) in [6.45, 7) is 11.4. The lowest BCUT2D eigenvalue weighted by molar-refractivity contribution is -0.123. The van der Waals surface area contributed by atoms with E-state index in [1.54, 1.807) is 0 Å². The monoisotopic (exact) mass is 429 g/mol. The number of benzene rings is 1. The van der Waals surface area contributed by atoms with Gasteiger partial charge in [0.2, 0.25) is 5.91 Å². The molecule has 3 N–H and O–H groups in total. The first-order valence-corrected chi connectivity index (χ1v) is 11.8. The number of aliphatic imine (C=N–C) groups is 1. The number of carbonyl (C=O) groups is 1. The Hall–Kier alpha value is -2.12.